The minimum absolute atomic E-state index is 0.0558. The molecule has 4 rings (SSSR count). The molecule has 0 bridgehead atoms. The van der Waals surface area contributed by atoms with Crippen LogP contribution in [0.2, 0.25) is 0 Å². The number of amides is 1. The fourth-order valence-electron chi connectivity index (χ4n) is 3.89. The highest BCUT2D eigenvalue weighted by Gasteiger charge is 2.18. The van der Waals surface area contributed by atoms with Crippen molar-refractivity contribution in [3.63, 3.8) is 0 Å². The number of methoxy groups -OCH3 is 1. The Bertz CT molecular complexity index is 1450. The SMILES string of the molecule is COCc1nn(Cc2ccc(Cn3ccccc3=O)cc2)cc1C(=O)NCc1nccc(OC(C)C)c1F. The number of carbonyl (C=O) groups excluding carboxylic acids is 1. The zero-order valence-corrected chi connectivity index (χ0v) is 21.6. The molecule has 0 aliphatic carbocycles. The summed E-state index contributed by atoms with van der Waals surface area (Å²) in [6.45, 7) is 4.55. The van der Waals surface area contributed by atoms with Gasteiger partial charge in [0.05, 0.1) is 43.6 Å². The molecule has 0 aliphatic rings. The summed E-state index contributed by atoms with van der Waals surface area (Å²) < 4.78 is 28.7. The Labute approximate surface area is 219 Å². The highest BCUT2D eigenvalue weighted by Crippen LogP contribution is 2.20. The van der Waals surface area contributed by atoms with Crippen LogP contribution < -0.4 is 15.6 Å². The van der Waals surface area contributed by atoms with E-state index in [2.05, 4.69) is 15.4 Å². The van der Waals surface area contributed by atoms with Crippen molar-refractivity contribution in [2.24, 2.45) is 0 Å². The molecular weight excluding hydrogens is 489 g/mol. The Hall–Kier alpha value is -4.31. The fourth-order valence-corrected chi connectivity index (χ4v) is 3.89. The Morgan fingerprint density at radius 1 is 1.05 bits per heavy atom. The van der Waals surface area contributed by atoms with E-state index in [0.29, 0.717) is 24.3 Å². The summed E-state index contributed by atoms with van der Waals surface area (Å²) >= 11 is 0. The van der Waals surface area contributed by atoms with Crippen molar-refractivity contribution in [3.05, 3.63) is 111 Å². The molecule has 3 aromatic heterocycles. The van der Waals surface area contributed by atoms with Gasteiger partial charge in [0.1, 0.15) is 5.69 Å². The third kappa shape index (κ3) is 6.71. The van der Waals surface area contributed by atoms with Crippen molar-refractivity contribution >= 4 is 5.91 Å². The molecular formula is C28H30FN5O4. The van der Waals surface area contributed by atoms with Crippen molar-refractivity contribution in [2.45, 2.75) is 46.2 Å². The molecule has 0 radical (unpaired) electrons. The standard InChI is InChI=1S/C28H30FN5O4/c1-19(2)38-25-11-12-30-23(27(25)29)14-31-28(36)22-17-34(32-24(22)18-37-3)16-21-9-7-20(8-10-21)15-33-13-5-4-6-26(33)35/h4-13,17,19H,14-16,18H2,1-3H3,(H,31,36). The van der Waals surface area contributed by atoms with Crippen LogP contribution in [0.25, 0.3) is 0 Å². The number of pyridine rings is 2. The topological polar surface area (TPSA) is 100 Å². The summed E-state index contributed by atoms with van der Waals surface area (Å²) in [4.78, 5) is 29.0. The number of rotatable bonds is 11. The van der Waals surface area contributed by atoms with Crippen molar-refractivity contribution in [3.8, 4) is 5.75 Å². The van der Waals surface area contributed by atoms with Crippen LogP contribution in [-0.2, 0) is 31.0 Å². The molecule has 4 aromatic rings. The zero-order valence-electron chi connectivity index (χ0n) is 21.6. The van der Waals surface area contributed by atoms with E-state index in [1.807, 2.05) is 30.3 Å². The number of ether oxygens (including phenoxy) is 2. The average molecular weight is 520 g/mol. The maximum Gasteiger partial charge on any atom is 0.255 e. The molecule has 0 saturated carbocycles. The van der Waals surface area contributed by atoms with Gasteiger partial charge in [-0.3, -0.25) is 19.3 Å². The number of nitrogens with zero attached hydrogens (tertiary/aromatic N) is 4. The van der Waals surface area contributed by atoms with Gasteiger partial charge < -0.3 is 19.4 Å². The molecule has 198 valence electrons. The van der Waals surface area contributed by atoms with E-state index in [0.717, 1.165) is 11.1 Å². The summed E-state index contributed by atoms with van der Waals surface area (Å²) in [5.41, 5.74) is 2.79. The van der Waals surface area contributed by atoms with Crippen LogP contribution in [0.5, 0.6) is 5.75 Å². The van der Waals surface area contributed by atoms with Gasteiger partial charge in [0.15, 0.2) is 11.6 Å². The third-order valence-corrected chi connectivity index (χ3v) is 5.69. The van der Waals surface area contributed by atoms with Gasteiger partial charge in [-0.05, 0) is 31.0 Å². The Kier molecular flexibility index (Phi) is 8.65. The number of aromatic nitrogens is 4. The lowest BCUT2D eigenvalue weighted by atomic mass is 10.1. The second-order valence-corrected chi connectivity index (χ2v) is 9.02. The highest BCUT2D eigenvalue weighted by atomic mass is 19.1. The van der Waals surface area contributed by atoms with Gasteiger partial charge in [-0.1, -0.05) is 30.3 Å². The first-order valence-electron chi connectivity index (χ1n) is 12.2. The van der Waals surface area contributed by atoms with Gasteiger partial charge in [0.25, 0.3) is 11.5 Å². The Morgan fingerprint density at radius 2 is 1.79 bits per heavy atom. The summed E-state index contributed by atoms with van der Waals surface area (Å²) in [5, 5.41) is 7.23. The second-order valence-electron chi connectivity index (χ2n) is 9.02. The first-order chi connectivity index (χ1) is 18.3. The van der Waals surface area contributed by atoms with Crippen LogP contribution >= 0.6 is 0 Å². The molecule has 1 N–H and O–H groups in total. The lowest BCUT2D eigenvalue weighted by Crippen LogP contribution is -2.25. The average Bonchev–Trinajstić information content (AvgIpc) is 3.29. The van der Waals surface area contributed by atoms with E-state index in [4.69, 9.17) is 9.47 Å². The van der Waals surface area contributed by atoms with Crippen LogP contribution in [0.4, 0.5) is 4.39 Å². The molecule has 10 heteroatoms. The van der Waals surface area contributed by atoms with Crippen LogP contribution in [0.3, 0.4) is 0 Å². The van der Waals surface area contributed by atoms with Crippen molar-refractivity contribution < 1.29 is 18.7 Å². The Balaban J connectivity index is 1.44. The second kappa shape index (κ2) is 12.3. The van der Waals surface area contributed by atoms with Crippen molar-refractivity contribution in [1.29, 1.82) is 0 Å². The highest BCUT2D eigenvalue weighted by molar-refractivity contribution is 5.95. The predicted molar refractivity (Wildman–Crippen MR) is 139 cm³/mol. The lowest BCUT2D eigenvalue weighted by molar-refractivity contribution is 0.0944. The van der Waals surface area contributed by atoms with E-state index in [1.165, 1.54) is 25.4 Å². The van der Waals surface area contributed by atoms with Gasteiger partial charge in [-0.25, -0.2) is 4.39 Å². The maximum atomic E-state index is 14.7. The zero-order chi connectivity index (χ0) is 27.1. The van der Waals surface area contributed by atoms with Crippen LogP contribution in [-0.4, -0.2) is 38.5 Å². The molecule has 0 atom stereocenters. The fraction of sp³-hybridized carbons (Fsp3) is 0.286. The lowest BCUT2D eigenvalue weighted by Gasteiger charge is -2.12. The van der Waals surface area contributed by atoms with Crippen LogP contribution in [0.15, 0.2) is 71.9 Å². The van der Waals surface area contributed by atoms with Crippen LogP contribution in [0, 0.1) is 5.82 Å². The first-order valence-corrected chi connectivity index (χ1v) is 12.2. The molecule has 0 aliphatic heterocycles. The van der Waals surface area contributed by atoms with Gasteiger partial charge in [0, 0.05) is 37.8 Å². The van der Waals surface area contributed by atoms with Gasteiger partial charge >= 0.3 is 0 Å². The summed E-state index contributed by atoms with van der Waals surface area (Å²) in [6.07, 6.45) is 4.65. The van der Waals surface area contributed by atoms with Gasteiger partial charge in [-0.2, -0.15) is 5.10 Å². The molecule has 0 spiro atoms. The normalized spacial score (nSPS) is 11.1. The summed E-state index contributed by atoms with van der Waals surface area (Å²) in [7, 11) is 1.52. The maximum absolute atomic E-state index is 14.7. The smallest absolute Gasteiger partial charge is 0.255 e. The van der Waals surface area contributed by atoms with E-state index in [9.17, 15) is 14.0 Å². The number of carbonyl (C=O) groups is 1. The Morgan fingerprint density at radius 3 is 2.47 bits per heavy atom. The summed E-state index contributed by atoms with van der Waals surface area (Å²) in [6, 6.07) is 14.4. The molecule has 38 heavy (non-hydrogen) atoms. The van der Waals surface area contributed by atoms with Gasteiger partial charge in [-0.15, -0.1) is 0 Å². The first kappa shape index (κ1) is 26.7. The minimum atomic E-state index is -0.602. The minimum Gasteiger partial charge on any atom is -0.488 e. The molecule has 1 aromatic carbocycles. The molecule has 0 fully saturated rings. The molecule has 0 unspecified atom stereocenters. The monoisotopic (exact) mass is 519 g/mol. The predicted octanol–water partition coefficient (Wildman–Crippen LogP) is 3.54. The molecule has 1 amide bonds. The van der Waals surface area contributed by atoms with Gasteiger partial charge in [0.2, 0.25) is 0 Å². The number of hydrogen-bond acceptors (Lipinski definition) is 6. The quantitative estimate of drug-likeness (QED) is 0.325. The van der Waals surface area contributed by atoms with Crippen molar-refractivity contribution in [1.82, 2.24) is 24.6 Å². The number of halogens is 1. The number of nitrogens with one attached hydrogen (secondary N) is 1. The van der Waals surface area contributed by atoms with Crippen LogP contribution in [0.1, 0.15) is 46.7 Å². The molecule has 0 saturated heterocycles. The van der Waals surface area contributed by atoms with E-state index >= 15 is 0 Å². The van der Waals surface area contributed by atoms with E-state index in [-0.39, 0.29) is 36.3 Å². The largest absolute Gasteiger partial charge is 0.488 e. The molecule has 9 nitrogen and oxygen atoms in total. The summed E-state index contributed by atoms with van der Waals surface area (Å²) in [5.74, 6) is -0.924. The van der Waals surface area contributed by atoms with E-state index < -0.39 is 11.7 Å². The van der Waals surface area contributed by atoms with E-state index in [1.54, 1.807) is 41.6 Å². The number of hydrogen-bond donors (Lipinski definition) is 1. The molecule has 3 heterocycles. The van der Waals surface area contributed by atoms with Crippen molar-refractivity contribution in [2.75, 3.05) is 7.11 Å². The third-order valence-electron chi connectivity index (χ3n) is 5.69. The number of benzene rings is 1.